The number of hydrogen-bond acceptors (Lipinski definition) is 4. The number of aliphatic imine (C=N–C) groups is 1. The zero-order chi connectivity index (χ0) is 21.3. The van der Waals surface area contributed by atoms with E-state index in [1.165, 1.54) is 0 Å². The fourth-order valence-corrected chi connectivity index (χ4v) is 2.97. The zero-order valence-corrected chi connectivity index (χ0v) is 17.8. The maximum atomic E-state index is 11.8. The van der Waals surface area contributed by atoms with Gasteiger partial charge in [0.05, 0.1) is 7.11 Å². The Morgan fingerprint density at radius 1 is 1.13 bits per heavy atom. The van der Waals surface area contributed by atoms with E-state index in [0.29, 0.717) is 30.8 Å². The van der Waals surface area contributed by atoms with Crippen molar-refractivity contribution in [2.24, 2.45) is 4.99 Å². The number of ether oxygens (including phenoxy) is 2. The monoisotopic (exact) mass is 410 g/mol. The molecule has 1 saturated carbocycles. The average molecular weight is 411 g/mol. The second-order valence-electron chi connectivity index (χ2n) is 7.37. The minimum Gasteiger partial charge on any atom is -0.496 e. The average Bonchev–Trinajstić information content (AvgIpc) is 3.57. The van der Waals surface area contributed by atoms with Gasteiger partial charge in [-0.1, -0.05) is 24.3 Å². The number of amides is 1. The van der Waals surface area contributed by atoms with Crippen LogP contribution in [0.3, 0.4) is 0 Å². The summed E-state index contributed by atoms with van der Waals surface area (Å²) in [5.74, 6) is 2.14. The predicted molar refractivity (Wildman–Crippen MR) is 118 cm³/mol. The topological polar surface area (TPSA) is 84.0 Å². The molecule has 160 valence electrons. The van der Waals surface area contributed by atoms with Crippen molar-refractivity contribution in [3.63, 3.8) is 0 Å². The number of rotatable bonds is 9. The number of nitrogens with zero attached hydrogens (tertiary/aromatic N) is 1. The Kier molecular flexibility index (Phi) is 7.54. The molecular weight excluding hydrogens is 380 g/mol. The van der Waals surface area contributed by atoms with Crippen LogP contribution in [-0.2, 0) is 17.9 Å². The Bertz CT molecular complexity index is 894. The predicted octanol–water partition coefficient (Wildman–Crippen LogP) is 2.53. The summed E-state index contributed by atoms with van der Waals surface area (Å²) in [6.45, 7) is 3.26. The molecule has 0 aromatic heterocycles. The number of guanidine groups is 1. The SMILES string of the molecule is CN=C(NCc1cccc(OCC(=O)NC2CC2)c1)NCc1ccc(C)cc1OC. The molecule has 0 bridgehead atoms. The van der Waals surface area contributed by atoms with Crippen LogP contribution in [0.4, 0.5) is 0 Å². The molecule has 0 heterocycles. The molecule has 0 saturated heterocycles. The van der Waals surface area contributed by atoms with Gasteiger partial charge in [-0.05, 0) is 49.1 Å². The van der Waals surface area contributed by atoms with Crippen LogP contribution < -0.4 is 25.4 Å². The zero-order valence-electron chi connectivity index (χ0n) is 17.8. The summed E-state index contributed by atoms with van der Waals surface area (Å²) >= 11 is 0. The van der Waals surface area contributed by atoms with Crippen LogP contribution in [-0.4, -0.2) is 38.7 Å². The third-order valence-corrected chi connectivity index (χ3v) is 4.78. The number of methoxy groups -OCH3 is 1. The molecule has 7 nitrogen and oxygen atoms in total. The number of carbonyl (C=O) groups excluding carboxylic acids is 1. The lowest BCUT2D eigenvalue weighted by atomic mass is 10.1. The van der Waals surface area contributed by atoms with E-state index in [1.54, 1.807) is 14.2 Å². The van der Waals surface area contributed by atoms with Crippen LogP contribution >= 0.6 is 0 Å². The molecule has 1 fully saturated rings. The van der Waals surface area contributed by atoms with Crippen molar-refractivity contribution in [3.8, 4) is 11.5 Å². The van der Waals surface area contributed by atoms with Gasteiger partial charge in [0.2, 0.25) is 0 Å². The molecule has 0 spiro atoms. The van der Waals surface area contributed by atoms with Gasteiger partial charge in [-0.25, -0.2) is 0 Å². The summed E-state index contributed by atoms with van der Waals surface area (Å²) in [6, 6.07) is 14.2. The quantitative estimate of drug-likeness (QED) is 0.437. The molecule has 2 aromatic rings. The number of hydrogen-bond donors (Lipinski definition) is 3. The van der Waals surface area contributed by atoms with Crippen LogP contribution in [0.5, 0.6) is 11.5 Å². The van der Waals surface area contributed by atoms with Crippen molar-refractivity contribution in [2.45, 2.75) is 38.9 Å². The summed E-state index contributed by atoms with van der Waals surface area (Å²) in [4.78, 5) is 16.1. The Morgan fingerprint density at radius 2 is 1.93 bits per heavy atom. The van der Waals surface area contributed by atoms with Gasteiger partial charge in [-0.2, -0.15) is 0 Å². The van der Waals surface area contributed by atoms with Gasteiger partial charge in [0.25, 0.3) is 5.91 Å². The Balaban J connectivity index is 1.48. The lowest BCUT2D eigenvalue weighted by Gasteiger charge is -2.14. The third kappa shape index (κ3) is 6.69. The molecule has 1 aliphatic carbocycles. The van der Waals surface area contributed by atoms with E-state index in [4.69, 9.17) is 9.47 Å². The fraction of sp³-hybridized carbons (Fsp3) is 0.391. The Labute approximate surface area is 177 Å². The van der Waals surface area contributed by atoms with Crippen LogP contribution in [0, 0.1) is 6.92 Å². The van der Waals surface area contributed by atoms with E-state index in [0.717, 1.165) is 35.3 Å². The molecule has 3 N–H and O–H groups in total. The maximum Gasteiger partial charge on any atom is 0.258 e. The summed E-state index contributed by atoms with van der Waals surface area (Å²) in [7, 11) is 3.41. The van der Waals surface area contributed by atoms with Crippen molar-refractivity contribution in [2.75, 3.05) is 20.8 Å². The first-order chi connectivity index (χ1) is 14.6. The van der Waals surface area contributed by atoms with E-state index in [2.05, 4.69) is 33.1 Å². The molecule has 2 aromatic carbocycles. The van der Waals surface area contributed by atoms with E-state index >= 15 is 0 Å². The Morgan fingerprint density at radius 3 is 2.67 bits per heavy atom. The number of benzene rings is 2. The second kappa shape index (κ2) is 10.5. The van der Waals surface area contributed by atoms with Gasteiger partial charge in [0.15, 0.2) is 12.6 Å². The fourth-order valence-electron chi connectivity index (χ4n) is 2.97. The summed E-state index contributed by atoms with van der Waals surface area (Å²) < 4.78 is 11.1. The minimum absolute atomic E-state index is 0.0367. The van der Waals surface area contributed by atoms with E-state index < -0.39 is 0 Å². The number of aryl methyl sites for hydroxylation is 1. The largest absolute Gasteiger partial charge is 0.496 e. The van der Waals surface area contributed by atoms with Crippen molar-refractivity contribution < 1.29 is 14.3 Å². The molecule has 0 atom stereocenters. The maximum absolute atomic E-state index is 11.8. The summed E-state index contributed by atoms with van der Waals surface area (Å²) in [6.07, 6.45) is 2.14. The van der Waals surface area contributed by atoms with Gasteiger partial charge >= 0.3 is 0 Å². The summed E-state index contributed by atoms with van der Waals surface area (Å²) in [5.41, 5.74) is 3.25. The van der Waals surface area contributed by atoms with Gasteiger partial charge < -0.3 is 25.4 Å². The third-order valence-electron chi connectivity index (χ3n) is 4.78. The van der Waals surface area contributed by atoms with Gasteiger partial charge in [0, 0.05) is 31.7 Å². The highest BCUT2D eigenvalue weighted by atomic mass is 16.5. The molecule has 1 aliphatic rings. The first kappa shape index (κ1) is 21.5. The first-order valence-electron chi connectivity index (χ1n) is 10.2. The molecule has 1 amide bonds. The van der Waals surface area contributed by atoms with Gasteiger partial charge in [-0.15, -0.1) is 0 Å². The smallest absolute Gasteiger partial charge is 0.258 e. The van der Waals surface area contributed by atoms with Crippen LogP contribution in [0.25, 0.3) is 0 Å². The van der Waals surface area contributed by atoms with E-state index in [-0.39, 0.29) is 12.5 Å². The molecular formula is C23H30N4O3. The molecule has 0 radical (unpaired) electrons. The minimum atomic E-state index is -0.0721. The van der Waals surface area contributed by atoms with Crippen LogP contribution in [0.15, 0.2) is 47.5 Å². The first-order valence-corrected chi connectivity index (χ1v) is 10.2. The van der Waals surface area contributed by atoms with Crippen molar-refractivity contribution >= 4 is 11.9 Å². The lowest BCUT2D eigenvalue weighted by Crippen LogP contribution is -2.36. The molecule has 30 heavy (non-hydrogen) atoms. The molecule has 0 aliphatic heterocycles. The van der Waals surface area contributed by atoms with Gasteiger partial charge in [-0.3, -0.25) is 9.79 Å². The molecule has 3 rings (SSSR count). The molecule has 0 unspecified atom stereocenters. The van der Waals surface area contributed by atoms with Crippen LogP contribution in [0.1, 0.15) is 29.5 Å². The highest BCUT2D eigenvalue weighted by Gasteiger charge is 2.23. The second-order valence-corrected chi connectivity index (χ2v) is 7.37. The lowest BCUT2D eigenvalue weighted by molar-refractivity contribution is -0.123. The molecule has 7 heteroatoms. The van der Waals surface area contributed by atoms with E-state index in [1.807, 2.05) is 37.3 Å². The standard InChI is InChI=1S/C23H30N4O3/c1-16-7-8-18(21(11-16)29-3)14-26-23(24-2)25-13-17-5-4-6-20(12-17)30-15-22(28)27-19-9-10-19/h4-8,11-12,19H,9-10,13-15H2,1-3H3,(H,27,28)(H2,24,25,26). The normalized spacial score (nSPS) is 13.5. The van der Waals surface area contributed by atoms with Crippen molar-refractivity contribution in [1.29, 1.82) is 0 Å². The van der Waals surface area contributed by atoms with E-state index in [9.17, 15) is 4.79 Å². The van der Waals surface area contributed by atoms with Crippen molar-refractivity contribution in [3.05, 3.63) is 59.2 Å². The van der Waals surface area contributed by atoms with Crippen LogP contribution in [0.2, 0.25) is 0 Å². The van der Waals surface area contributed by atoms with Gasteiger partial charge in [0.1, 0.15) is 11.5 Å². The van der Waals surface area contributed by atoms with Crippen molar-refractivity contribution in [1.82, 2.24) is 16.0 Å². The highest BCUT2D eigenvalue weighted by Crippen LogP contribution is 2.20. The number of nitrogens with one attached hydrogen (secondary N) is 3. The summed E-state index contributed by atoms with van der Waals surface area (Å²) in [5, 5.41) is 9.51. The number of carbonyl (C=O) groups is 1. The Hall–Kier alpha value is -3.22. The highest BCUT2D eigenvalue weighted by molar-refractivity contribution is 5.79.